The summed E-state index contributed by atoms with van der Waals surface area (Å²) in [5.74, 6) is -0.0864. The number of ketones is 1. The molecular formula is C22H13ClN2O. The van der Waals surface area contributed by atoms with E-state index in [9.17, 15) is 10.1 Å². The van der Waals surface area contributed by atoms with Gasteiger partial charge in [-0.1, -0.05) is 54.1 Å². The smallest absolute Gasteiger partial charge is 0.178 e. The highest BCUT2D eigenvalue weighted by molar-refractivity contribution is 6.31. The minimum absolute atomic E-state index is 0.0864. The van der Waals surface area contributed by atoms with Crippen LogP contribution in [0.3, 0.4) is 0 Å². The Labute approximate surface area is 156 Å². The first-order valence-electron chi connectivity index (χ1n) is 8.12. The lowest BCUT2D eigenvalue weighted by atomic mass is 9.81. The quantitative estimate of drug-likeness (QED) is 0.792. The van der Waals surface area contributed by atoms with Gasteiger partial charge < -0.3 is 0 Å². The molecule has 0 saturated heterocycles. The van der Waals surface area contributed by atoms with E-state index in [2.05, 4.69) is 6.07 Å². The molecule has 2 aromatic carbocycles. The Morgan fingerprint density at radius 3 is 2.19 bits per heavy atom. The van der Waals surface area contributed by atoms with E-state index < -0.39 is 5.54 Å². The molecule has 1 aliphatic heterocycles. The van der Waals surface area contributed by atoms with Gasteiger partial charge in [-0.05, 0) is 42.0 Å². The molecule has 0 atom stereocenters. The van der Waals surface area contributed by atoms with Crippen molar-refractivity contribution in [3.63, 3.8) is 0 Å². The number of hydrogen-bond donors (Lipinski definition) is 0. The third-order valence-corrected chi connectivity index (χ3v) is 4.73. The lowest BCUT2D eigenvalue weighted by Crippen LogP contribution is -2.24. The third kappa shape index (κ3) is 2.61. The first-order chi connectivity index (χ1) is 12.6. The Morgan fingerprint density at radius 1 is 0.923 bits per heavy atom. The fraction of sp³-hybridized carbons (Fsp3) is 0.0455. The van der Waals surface area contributed by atoms with E-state index in [4.69, 9.17) is 16.6 Å². The van der Waals surface area contributed by atoms with Gasteiger partial charge in [0.1, 0.15) is 11.6 Å². The number of hydrogen-bond acceptors (Lipinski definition) is 3. The van der Waals surface area contributed by atoms with E-state index in [1.165, 1.54) is 12.2 Å². The molecule has 4 heteroatoms. The first kappa shape index (κ1) is 16.3. The summed E-state index contributed by atoms with van der Waals surface area (Å²) >= 11 is 5.99. The molecule has 3 nitrogen and oxygen atoms in total. The minimum atomic E-state index is -0.852. The molecule has 0 saturated carbocycles. The Bertz CT molecular complexity index is 1040. The number of benzene rings is 2. The zero-order valence-corrected chi connectivity index (χ0v) is 14.4. The van der Waals surface area contributed by atoms with Gasteiger partial charge in [0.05, 0.1) is 11.3 Å². The van der Waals surface area contributed by atoms with Crippen molar-refractivity contribution in [2.75, 3.05) is 0 Å². The third-order valence-electron chi connectivity index (χ3n) is 4.48. The second-order valence-corrected chi connectivity index (χ2v) is 6.53. The van der Waals surface area contributed by atoms with Crippen LogP contribution in [-0.4, -0.2) is 17.0 Å². The number of nitrogens with zero attached hydrogens (tertiary/aromatic N) is 2. The van der Waals surface area contributed by atoms with Crippen LogP contribution in [0.4, 0.5) is 0 Å². The Kier molecular flexibility index (Phi) is 3.91. The summed E-state index contributed by atoms with van der Waals surface area (Å²) in [5, 5.41) is 10.5. The Morgan fingerprint density at radius 2 is 1.58 bits per heavy atom. The predicted molar refractivity (Wildman–Crippen MR) is 103 cm³/mol. The zero-order chi connectivity index (χ0) is 18.1. The van der Waals surface area contributed by atoms with E-state index in [0.29, 0.717) is 16.3 Å². The van der Waals surface area contributed by atoms with Crippen molar-refractivity contribution in [3.05, 3.63) is 101 Å². The topological polar surface area (TPSA) is 53.2 Å². The van der Waals surface area contributed by atoms with E-state index in [0.717, 1.165) is 16.7 Å². The van der Waals surface area contributed by atoms with Crippen molar-refractivity contribution in [2.45, 2.75) is 5.54 Å². The first-order valence-corrected chi connectivity index (χ1v) is 8.50. The number of carbonyl (C=O) groups excluding carboxylic acids is 1. The van der Waals surface area contributed by atoms with Gasteiger partial charge in [0.25, 0.3) is 0 Å². The minimum Gasteiger partial charge on any atom is -0.290 e. The second kappa shape index (κ2) is 6.25. The van der Waals surface area contributed by atoms with E-state index in [-0.39, 0.29) is 5.78 Å². The molecule has 0 bridgehead atoms. The van der Waals surface area contributed by atoms with Crippen molar-refractivity contribution >= 4 is 28.7 Å². The van der Waals surface area contributed by atoms with Gasteiger partial charge in [0.2, 0.25) is 0 Å². The fourth-order valence-corrected chi connectivity index (χ4v) is 3.42. The van der Waals surface area contributed by atoms with Gasteiger partial charge in [-0.25, -0.2) is 0 Å². The molecular weight excluding hydrogens is 344 g/mol. The molecule has 0 N–H and O–H groups in total. The largest absolute Gasteiger partial charge is 0.290 e. The van der Waals surface area contributed by atoms with Gasteiger partial charge in [0, 0.05) is 16.2 Å². The standard InChI is InChI=1S/C22H13ClN2O/c23-17-8-6-16(7-9-17)21-19(14-24)20(15-4-2-1-3-5-15)22(25-21)12-10-18(26)11-13-22/h1-13H. The summed E-state index contributed by atoms with van der Waals surface area (Å²) < 4.78 is 0. The number of nitriles is 1. The molecule has 0 fully saturated rings. The molecule has 0 radical (unpaired) electrons. The average Bonchev–Trinajstić information content (AvgIpc) is 2.99. The van der Waals surface area contributed by atoms with Crippen molar-refractivity contribution in [1.82, 2.24) is 0 Å². The van der Waals surface area contributed by atoms with Crippen LogP contribution in [-0.2, 0) is 4.79 Å². The van der Waals surface area contributed by atoms with Gasteiger partial charge in [0.15, 0.2) is 5.78 Å². The number of allylic oxidation sites excluding steroid dienone is 3. The van der Waals surface area contributed by atoms with Gasteiger partial charge >= 0.3 is 0 Å². The van der Waals surface area contributed by atoms with E-state index >= 15 is 0 Å². The van der Waals surface area contributed by atoms with Gasteiger partial charge in [-0.15, -0.1) is 0 Å². The van der Waals surface area contributed by atoms with Gasteiger partial charge in [-0.3, -0.25) is 9.79 Å². The fourth-order valence-electron chi connectivity index (χ4n) is 3.29. The number of aliphatic imine (C=N–C) groups is 1. The molecule has 26 heavy (non-hydrogen) atoms. The highest BCUT2D eigenvalue weighted by Gasteiger charge is 2.41. The molecule has 124 valence electrons. The number of carbonyl (C=O) groups is 1. The van der Waals surface area contributed by atoms with Crippen LogP contribution in [0.25, 0.3) is 5.57 Å². The molecule has 4 rings (SSSR count). The molecule has 1 aliphatic carbocycles. The highest BCUT2D eigenvalue weighted by atomic mass is 35.5. The molecule has 0 unspecified atom stereocenters. The van der Waals surface area contributed by atoms with Crippen LogP contribution in [0, 0.1) is 11.3 Å². The second-order valence-electron chi connectivity index (χ2n) is 6.09. The summed E-state index contributed by atoms with van der Waals surface area (Å²) in [6, 6.07) is 19.2. The highest BCUT2D eigenvalue weighted by Crippen LogP contribution is 2.43. The molecule has 1 spiro atoms. The molecule has 0 amide bonds. The van der Waals surface area contributed by atoms with Gasteiger partial charge in [-0.2, -0.15) is 5.26 Å². The summed E-state index contributed by atoms with van der Waals surface area (Å²) in [4.78, 5) is 16.5. The summed E-state index contributed by atoms with van der Waals surface area (Å²) in [6.07, 6.45) is 6.54. The number of rotatable bonds is 2. The van der Waals surface area contributed by atoms with E-state index in [1.54, 1.807) is 24.3 Å². The maximum Gasteiger partial charge on any atom is 0.178 e. The van der Waals surface area contributed by atoms with Crippen molar-refractivity contribution < 1.29 is 4.79 Å². The maximum atomic E-state index is 11.7. The summed E-state index contributed by atoms with van der Waals surface area (Å²) in [7, 11) is 0. The summed E-state index contributed by atoms with van der Waals surface area (Å²) in [6.45, 7) is 0. The van der Waals surface area contributed by atoms with Crippen LogP contribution in [0.5, 0.6) is 0 Å². The summed E-state index contributed by atoms with van der Waals surface area (Å²) in [5.41, 5.74) is 2.75. The molecule has 2 aromatic rings. The Hall–Kier alpha value is -3.22. The Balaban J connectivity index is 1.98. The SMILES string of the molecule is N#CC1=C(c2ccccc2)C2(C=CC(=O)C=C2)N=C1c1ccc(Cl)cc1. The average molecular weight is 357 g/mol. The van der Waals surface area contributed by atoms with Crippen LogP contribution < -0.4 is 0 Å². The zero-order valence-electron chi connectivity index (χ0n) is 13.7. The van der Waals surface area contributed by atoms with Crippen molar-refractivity contribution in [1.29, 1.82) is 5.26 Å². The van der Waals surface area contributed by atoms with Crippen LogP contribution in [0.15, 0.2) is 89.5 Å². The molecule has 0 aromatic heterocycles. The van der Waals surface area contributed by atoms with Crippen molar-refractivity contribution in [2.24, 2.45) is 4.99 Å². The lowest BCUT2D eigenvalue weighted by molar-refractivity contribution is -0.110. The monoisotopic (exact) mass is 356 g/mol. The predicted octanol–water partition coefficient (Wildman–Crippen LogP) is 4.55. The lowest BCUT2D eigenvalue weighted by Gasteiger charge is -2.24. The maximum absolute atomic E-state index is 11.7. The molecule has 2 aliphatic rings. The van der Waals surface area contributed by atoms with Crippen LogP contribution in [0.1, 0.15) is 11.1 Å². The van der Waals surface area contributed by atoms with Crippen LogP contribution in [0.2, 0.25) is 5.02 Å². The van der Waals surface area contributed by atoms with Crippen molar-refractivity contribution in [3.8, 4) is 6.07 Å². The molecule has 1 heterocycles. The van der Waals surface area contributed by atoms with E-state index in [1.807, 2.05) is 42.5 Å². The normalized spacial score (nSPS) is 17.5. The number of halogens is 1. The van der Waals surface area contributed by atoms with Crippen LogP contribution >= 0.6 is 11.6 Å².